The van der Waals surface area contributed by atoms with Crippen LogP contribution in [-0.2, 0) is 4.79 Å². The number of rotatable bonds is 1. The summed E-state index contributed by atoms with van der Waals surface area (Å²) in [4.78, 5) is 12.9. The van der Waals surface area contributed by atoms with Crippen molar-refractivity contribution in [3.63, 3.8) is 0 Å². The van der Waals surface area contributed by atoms with E-state index < -0.39 is 0 Å². The molecule has 0 fully saturated rings. The first-order chi connectivity index (χ1) is 9.24. The average Bonchev–Trinajstić information content (AvgIpc) is 2.57. The van der Waals surface area contributed by atoms with Crippen LogP contribution in [0.25, 0.3) is 0 Å². The van der Waals surface area contributed by atoms with E-state index in [1.54, 1.807) is 18.2 Å². The van der Waals surface area contributed by atoms with Crippen LogP contribution in [0.15, 0.2) is 53.4 Å². The molecule has 0 saturated heterocycles. The Balaban J connectivity index is 2.01. The van der Waals surface area contributed by atoms with Crippen molar-refractivity contribution < 1.29 is 9.18 Å². The Morgan fingerprint density at radius 3 is 2.68 bits per heavy atom. The monoisotopic (exact) mass is 273 g/mol. The third kappa shape index (κ3) is 2.49. The zero-order valence-electron chi connectivity index (χ0n) is 10.1. The van der Waals surface area contributed by atoms with Crippen LogP contribution in [0.2, 0.25) is 0 Å². The molecule has 2 nitrogen and oxygen atoms in total. The van der Waals surface area contributed by atoms with Gasteiger partial charge in [-0.05, 0) is 18.2 Å². The third-order valence-corrected chi connectivity index (χ3v) is 4.37. The van der Waals surface area contributed by atoms with Crippen LogP contribution in [0.5, 0.6) is 0 Å². The number of fused-ring (bicyclic) bond motifs is 1. The standard InChI is InChI=1S/C15H12FNOS/c16-11-6-2-1-5-10(11)14-9-15(18)17-12-7-3-4-8-13(12)19-14/h1-8,14H,9H2,(H,17,18)/t14-/m1/s1. The molecule has 1 amide bonds. The van der Waals surface area contributed by atoms with Gasteiger partial charge < -0.3 is 5.32 Å². The molecule has 2 aromatic carbocycles. The summed E-state index contributed by atoms with van der Waals surface area (Å²) in [6, 6.07) is 14.2. The molecule has 0 spiro atoms. The fraction of sp³-hybridized carbons (Fsp3) is 0.133. The summed E-state index contributed by atoms with van der Waals surface area (Å²) >= 11 is 1.53. The number of benzene rings is 2. The van der Waals surface area contributed by atoms with Gasteiger partial charge in [-0.1, -0.05) is 30.3 Å². The smallest absolute Gasteiger partial charge is 0.225 e. The number of thioether (sulfide) groups is 1. The maximum atomic E-state index is 13.9. The normalized spacial score (nSPS) is 18.4. The Hall–Kier alpha value is -1.81. The van der Waals surface area contributed by atoms with Gasteiger partial charge in [-0.2, -0.15) is 0 Å². The van der Waals surface area contributed by atoms with E-state index in [0.717, 1.165) is 10.6 Å². The summed E-state index contributed by atoms with van der Waals surface area (Å²) in [5.41, 5.74) is 1.38. The number of anilines is 1. The van der Waals surface area contributed by atoms with Crippen LogP contribution in [0.1, 0.15) is 17.2 Å². The Bertz CT molecular complexity index is 629. The van der Waals surface area contributed by atoms with Gasteiger partial charge in [-0.3, -0.25) is 4.79 Å². The number of para-hydroxylation sites is 1. The molecule has 1 atom stereocenters. The molecule has 2 aromatic rings. The fourth-order valence-corrected chi connectivity index (χ4v) is 3.41. The summed E-state index contributed by atoms with van der Waals surface area (Å²) in [5, 5.41) is 2.67. The quantitative estimate of drug-likeness (QED) is 0.850. The van der Waals surface area contributed by atoms with Crippen molar-refractivity contribution in [3.05, 3.63) is 59.9 Å². The SMILES string of the molecule is O=C1C[C@H](c2ccccc2F)Sc2ccccc2N1. The molecule has 19 heavy (non-hydrogen) atoms. The number of hydrogen-bond donors (Lipinski definition) is 1. The fourth-order valence-electron chi connectivity index (χ4n) is 2.15. The van der Waals surface area contributed by atoms with Gasteiger partial charge in [0.1, 0.15) is 5.82 Å². The van der Waals surface area contributed by atoms with Crippen LogP contribution in [0.3, 0.4) is 0 Å². The highest BCUT2D eigenvalue weighted by atomic mass is 32.2. The zero-order valence-corrected chi connectivity index (χ0v) is 10.9. The maximum Gasteiger partial charge on any atom is 0.225 e. The van der Waals surface area contributed by atoms with E-state index in [9.17, 15) is 9.18 Å². The first-order valence-electron chi connectivity index (χ1n) is 6.04. The van der Waals surface area contributed by atoms with Crippen molar-refractivity contribution in [1.82, 2.24) is 0 Å². The number of amides is 1. The lowest BCUT2D eigenvalue weighted by Crippen LogP contribution is -2.12. The van der Waals surface area contributed by atoms with E-state index in [0.29, 0.717) is 5.56 Å². The lowest BCUT2D eigenvalue weighted by Gasteiger charge is -2.14. The number of halogens is 1. The van der Waals surface area contributed by atoms with Crippen molar-refractivity contribution in [2.24, 2.45) is 0 Å². The van der Waals surface area contributed by atoms with Crippen LogP contribution < -0.4 is 5.32 Å². The Morgan fingerprint density at radius 2 is 1.84 bits per heavy atom. The van der Waals surface area contributed by atoms with Gasteiger partial charge in [0.05, 0.1) is 5.69 Å². The van der Waals surface area contributed by atoms with Gasteiger partial charge in [-0.25, -0.2) is 4.39 Å². The lowest BCUT2D eigenvalue weighted by atomic mass is 10.1. The molecule has 1 N–H and O–H groups in total. The van der Waals surface area contributed by atoms with Gasteiger partial charge in [0.15, 0.2) is 0 Å². The van der Waals surface area contributed by atoms with Gasteiger partial charge in [0.2, 0.25) is 5.91 Å². The highest BCUT2D eigenvalue weighted by molar-refractivity contribution is 7.99. The van der Waals surface area contributed by atoms with Crippen LogP contribution in [0.4, 0.5) is 10.1 Å². The molecule has 3 rings (SSSR count). The maximum absolute atomic E-state index is 13.9. The van der Waals surface area contributed by atoms with Gasteiger partial charge in [0.25, 0.3) is 0 Å². The Kier molecular flexibility index (Phi) is 3.25. The van der Waals surface area contributed by atoms with E-state index in [4.69, 9.17) is 0 Å². The van der Waals surface area contributed by atoms with Crippen LogP contribution in [0, 0.1) is 5.82 Å². The van der Waals surface area contributed by atoms with E-state index in [-0.39, 0.29) is 23.4 Å². The number of nitrogens with one attached hydrogen (secondary N) is 1. The highest BCUT2D eigenvalue weighted by Gasteiger charge is 2.25. The van der Waals surface area contributed by atoms with Crippen molar-refractivity contribution in [2.45, 2.75) is 16.6 Å². The molecule has 1 aliphatic heterocycles. The van der Waals surface area contributed by atoms with Crippen molar-refractivity contribution in [3.8, 4) is 0 Å². The summed E-state index contributed by atoms with van der Waals surface area (Å²) in [6.07, 6.45) is 0.278. The minimum Gasteiger partial charge on any atom is -0.325 e. The number of carbonyl (C=O) groups is 1. The van der Waals surface area contributed by atoms with Crippen LogP contribution >= 0.6 is 11.8 Å². The van der Waals surface area contributed by atoms with Crippen molar-refractivity contribution >= 4 is 23.4 Å². The van der Waals surface area contributed by atoms with Gasteiger partial charge in [0, 0.05) is 22.1 Å². The molecule has 0 aromatic heterocycles. The molecule has 4 heteroatoms. The van der Waals surface area contributed by atoms with E-state index in [1.807, 2.05) is 24.3 Å². The molecule has 0 unspecified atom stereocenters. The molecule has 1 aliphatic rings. The minimum absolute atomic E-state index is 0.0781. The van der Waals surface area contributed by atoms with Crippen molar-refractivity contribution in [2.75, 3.05) is 5.32 Å². The Morgan fingerprint density at radius 1 is 1.11 bits per heavy atom. The largest absolute Gasteiger partial charge is 0.325 e. The van der Waals surface area contributed by atoms with Crippen molar-refractivity contribution in [1.29, 1.82) is 0 Å². The predicted octanol–water partition coefficient (Wildman–Crippen LogP) is 4.00. The summed E-state index contributed by atoms with van der Waals surface area (Å²) in [7, 11) is 0. The first-order valence-corrected chi connectivity index (χ1v) is 6.92. The van der Waals surface area contributed by atoms with Gasteiger partial charge in [-0.15, -0.1) is 11.8 Å². The minimum atomic E-state index is -0.257. The highest BCUT2D eigenvalue weighted by Crippen LogP contribution is 2.43. The zero-order chi connectivity index (χ0) is 13.2. The number of hydrogen-bond acceptors (Lipinski definition) is 2. The molecule has 1 heterocycles. The summed E-state index contributed by atoms with van der Waals surface area (Å²) in [5.74, 6) is -0.335. The molecule has 0 saturated carbocycles. The molecule has 0 radical (unpaired) electrons. The summed E-state index contributed by atoms with van der Waals surface area (Å²) < 4.78 is 13.9. The van der Waals surface area contributed by atoms with E-state index >= 15 is 0 Å². The molecule has 0 bridgehead atoms. The molecule has 0 aliphatic carbocycles. The third-order valence-electron chi connectivity index (χ3n) is 3.05. The lowest BCUT2D eigenvalue weighted by molar-refractivity contribution is -0.116. The first kappa shape index (κ1) is 12.2. The van der Waals surface area contributed by atoms with E-state index in [2.05, 4.69) is 5.32 Å². The second-order valence-electron chi connectivity index (χ2n) is 4.38. The topological polar surface area (TPSA) is 29.1 Å². The van der Waals surface area contributed by atoms with Gasteiger partial charge >= 0.3 is 0 Å². The summed E-state index contributed by atoms with van der Waals surface area (Å²) in [6.45, 7) is 0. The van der Waals surface area contributed by atoms with E-state index in [1.165, 1.54) is 17.8 Å². The molecule has 96 valence electrons. The second kappa shape index (κ2) is 5.05. The predicted molar refractivity (Wildman–Crippen MR) is 74.7 cm³/mol. The average molecular weight is 273 g/mol. The number of carbonyl (C=O) groups excluding carboxylic acids is 1. The Labute approximate surface area is 115 Å². The molecular formula is C15H12FNOS. The second-order valence-corrected chi connectivity index (χ2v) is 5.62. The van der Waals surface area contributed by atoms with Crippen LogP contribution in [-0.4, -0.2) is 5.91 Å². The molecular weight excluding hydrogens is 261 g/mol.